The third kappa shape index (κ3) is 3.24. The number of hydrogen-bond donors (Lipinski definition) is 2. The topological polar surface area (TPSA) is 80.1 Å². The predicted octanol–water partition coefficient (Wildman–Crippen LogP) is 3.40. The Morgan fingerprint density at radius 2 is 2.05 bits per heavy atom. The Balaban J connectivity index is 2.22. The second-order valence-corrected chi connectivity index (χ2v) is 5.26. The third-order valence-corrected chi connectivity index (χ3v) is 3.53. The Morgan fingerprint density at radius 3 is 2.60 bits per heavy atom. The number of para-hydroxylation sites is 1. The van der Waals surface area contributed by atoms with Crippen LogP contribution in [-0.2, 0) is 6.54 Å². The molecule has 0 amide bonds. The van der Waals surface area contributed by atoms with Gasteiger partial charge in [0.05, 0.1) is 22.2 Å². The van der Waals surface area contributed by atoms with E-state index in [1.807, 2.05) is 19.2 Å². The lowest BCUT2D eigenvalue weighted by Crippen LogP contribution is -2.06. The maximum absolute atomic E-state index is 11.2. The first kappa shape index (κ1) is 14.3. The van der Waals surface area contributed by atoms with Crippen molar-refractivity contribution in [1.29, 1.82) is 0 Å². The lowest BCUT2D eigenvalue weighted by atomic mass is 10.2. The van der Waals surface area contributed by atoms with E-state index in [2.05, 4.69) is 15.6 Å². The standard InChI is InChI=1S/C13H16N4O2S/c1-3-14-11-5-4-6-12(13(11)17(18)19)15-7-10-8-20-9(2)16-10/h4-6,8,14-15H,3,7H2,1-2H3. The molecule has 0 unspecified atom stereocenters. The highest BCUT2D eigenvalue weighted by atomic mass is 32.1. The number of aryl methyl sites for hydroxylation is 1. The van der Waals surface area contributed by atoms with Gasteiger partial charge in [-0.3, -0.25) is 10.1 Å². The molecule has 0 aliphatic rings. The van der Waals surface area contributed by atoms with Crippen molar-refractivity contribution in [3.8, 4) is 0 Å². The van der Waals surface area contributed by atoms with Gasteiger partial charge in [0.25, 0.3) is 0 Å². The fourth-order valence-electron chi connectivity index (χ4n) is 1.89. The van der Waals surface area contributed by atoms with Crippen molar-refractivity contribution in [2.24, 2.45) is 0 Å². The first-order valence-electron chi connectivity index (χ1n) is 6.28. The Morgan fingerprint density at radius 1 is 1.35 bits per heavy atom. The molecule has 1 aromatic heterocycles. The van der Waals surface area contributed by atoms with Crippen LogP contribution < -0.4 is 10.6 Å². The van der Waals surface area contributed by atoms with E-state index in [0.717, 1.165) is 10.7 Å². The number of nitrogens with zero attached hydrogens (tertiary/aromatic N) is 2. The van der Waals surface area contributed by atoms with Crippen molar-refractivity contribution < 1.29 is 4.92 Å². The Labute approximate surface area is 121 Å². The molecule has 2 aromatic rings. The molecule has 0 spiro atoms. The summed E-state index contributed by atoms with van der Waals surface area (Å²) in [6.45, 7) is 4.95. The van der Waals surface area contributed by atoms with Crippen molar-refractivity contribution in [1.82, 2.24) is 4.98 Å². The van der Waals surface area contributed by atoms with Crippen LogP contribution >= 0.6 is 11.3 Å². The summed E-state index contributed by atoms with van der Waals surface area (Å²) in [5, 5.41) is 20.3. The molecule has 0 aliphatic carbocycles. The molecule has 0 saturated carbocycles. The van der Waals surface area contributed by atoms with Crippen molar-refractivity contribution in [2.45, 2.75) is 20.4 Å². The highest BCUT2D eigenvalue weighted by molar-refractivity contribution is 7.09. The van der Waals surface area contributed by atoms with Crippen LogP contribution in [0, 0.1) is 17.0 Å². The minimum atomic E-state index is -0.368. The predicted molar refractivity (Wildman–Crippen MR) is 81.4 cm³/mol. The largest absolute Gasteiger partial charge is 0.380 e. The average molecular weight is 292 g/mol. The SMILES string of the molecule is CCNc1cccc(NCc2csc(C)n2)c1[N+](=O)[O-]. The third-order valence-electron chi connectivity index (χ3n) is 2.71. The summed E-state index contributed by atoms with van der Waals surface area (Å²) >= 11 is 1.56. The zero-order valence-electron chi connectivity index (χ0n) is 11.3. The van der Waals surface area contributed by atoms with E-state index in [4.69, 9.17) is 0 Å². The minimum absolute atomic E-state index is 0.0706. The van der Waals surface area contributed by atoms with Crippen molar-refractivity contribution in [2.75, 3.05) is 17.2 Å². The summed E-state index contributed by atoms with van der Waals surface area (Å²) in [6.07, 6.45) is 0. The molecule has 0 radical (unpaired) electrons. The number of nitrogens with one attached hydrogen (secondary N) is 2. The van der Waals surface area contributed by atoms with Gasteiger partial charge in [-0.15, -0.1) is 11.3 Å². The molecule has 2 N–H and O–H groups in total. The van der Waals surface area contributed by atoms with Crippen LogP contribution in [0.1, 0.15) is 17.6 Å². The molecule has 0 saturated heterocycles. The second kappa shape index (κ2) is 6.33. The summed E-state index contributed by atoms with van der Waals surface area (Å²) in [5.41, 5.74) is 1.98. The quantitative estimate of drug-likeness (QED) is 0.630. The van der Waals surface area contributed by atoms with Gasteiger partial charge >= 0.3 is 5.69 Å². The molecular formula is C13H16N4O2S. The van der Waals surface area contributed by atoms with Gasteiger partial charge in [-0.2, -0.15) is 0 Å². The van der Waals surface area contributed by atoms with Gasteiger partial charge in [0.1, 0.15) is 11.4 Å². The summed E-state index contributed by atoms with van der Waals surface area (Å²) in [4.78, 5) is 15.2. The van der Waals surface area contributed by atoms with E-state index in [1.165, 1.54) is 0 Å². The van der Waals surface area contributed by atoms with Gasteiger partial charge in [-0.25, -0.2) is 4.98 Å². The Hall–Kier alpha value is -2.15. The number of hydrogen-bond acceptors (Lipinski definition) is 6. The van der Waals surface area contributed by atoms with E-state index < -0.39 is 0 Å². The highest BCUT2D eigenvalue weighted by Crippen LogP contribution is 2.33. The smallest absolute Gasteiger partial charge is 0.315 e. The Kier molecular flexibility index (Phi) is 4.52. The maximum atomic E-state index is 11.2. The number of nitro benzene ring substituents is 1. The van der Waals surface area contributed by atoms with Gasteiger partial charge in [-0.1, -0.05) is 6.07 Å². The number of thiazole rings is 1. The first-order chi connectivity index (χ1) is 9.61. The second-order valence-electron chi connectivity index (χ2n) is 4.20. The molecule has 0 bridgehead atoms. The van der Waals surface area contributed by atoms with E-state index in [9.17, 15) is 10.1 Å². The molecule has 7 heteroatoms. The van der Waals surface area contributed by atoms with E-state index in [1.54, 1.807) is 29.5 Å². The highest BCUT2D eigenvalue weighted by Gasteiger charge is 2.19. The number of anilines is 2. The van der Waals surface area contributed by atoms with Gasteiger partial charge in [-0.05, 0) is 26.0 Å². The Bertz CT molecular complexity index is 612. The monoisotopic (exact) mass is 292 g/mol. The molecule has 106 valence electrons. The van der Waals surface area contributed by atoms with Crippen LogP contribution in [-0.4, -0.2) is 16.5 Å². The molecule has 1 aromatic carbocycles. The van der Waals surface area contributed by atoms with Gasteiger partial charge < -0.3 is 10.6 Å². The normalized spacial score (nSPS) is 10.3. The number of nitro groups is 1. The van der Waals surface area contributed by atoms with Crippen LogP contribution in [0.15, 0.2) is 23.6 Å². The average Bonchev–Trinajstić information content (AvgIpc) is 2.82. The first-order valence-corrected chi connectivity index (χ1v) is 7.16. The van der Waals surface area contributed by atoms with E-state index in [0.29, 0.717) is 24.5 Å². The van der Waals surface area contributed by atoms with Gasteiger partial charge in [0, 0.05) is 11.9 Å². The zero-order chi connectivity index (χ0) is 14.5. The van der Waals surface area contributed by atoms with Crippen molar-refractivity contribution in [3.05, 3.63) is 44.4 Å². The van der Waals surface area contributed by atoms with Gasteiger partial charge in [0.15, 0.2) is 0 Å². The van der Waals surface area contributed by atoms with Crippen LogP contribution in [0.3, 0.4) is 0 Å². The van der Waals surface area contributed by atoms with E-state index >= 15 is 0 Å². The molecule has 2 rings (SSSR count). The van der Waals surface area contributed by atoms with Crippen molar-refractivity contribution >= 4 is 28.4 Å². The zero-order valence-corrected chi connectivity index (χ0v) is 12.2. The lowest BCUT2D eigenvalue weighted by molar-refractivity contribution is -0.383. The number of rotatable bonds is 6. The number of benzene rings is 1. The molecule has 20 heavy (non-hydrogen) atoms. The molecule has 1 heterocycles. The van der Waals surface area contributed by atoms with Crippen LogP contribution in [0.4, 0.5) is 17.1 Å². The van der Waals surface area contributed by atoms with Crippen LogP contribution in [0.2, 0.25) is 0 Å². The number of aromatic nitrogens is 1. The van der Waals surface area contributed by atoms with E-state index in [-0.39, 0.29) is 10.6 Å². The lowest BCUT2D eigenvalue weighted by Gasteiger charge is -2.10. The molecule has 0 aliphatic heterocycles. The summed E-state index contributed by atoms with van der Waals surface area (Å²) in [7, 11) is 0. The van der Waals surface area contributed by atoms with Crippen LogP contribution in [0.5, 0.6) is 0 Å². The fourth-order valence-corrected chi connectivity index (χ4v) is 2.50. The summed E-state index contributed by atoms with van der Waals surface area (Å²) < 4.78 is 0. The summed E-state index contributed by atoms with van der Waals surface area (Å²) in [5.74, 6) is 0. The van der Waals surface area contributed by atoms with Crippen LogP contribution in [0.25, 0.3) is 0 Å². The summed E-state index contributed by atoms with van der Waals surface area (Å²) in [6, 6.07) is 5.21. The van der Waals surface area contributed by atoms with Gasteiger partial charge in [0.2, 0.25) is 0 Å². The van der Waals surface area contributed by atoms with Crippen molar-refractivity contribution in [3.63, 3.8) is 0 Å². The molecule has 0 fully saturated rings. The minimum Gasteiger partial charge on any atom is -0.380 e. The molecule has 6 nitrogen and oxygen atoms in total. The molecular weight excluding hydrogens is 276 g/mol. The maximum Gasteiger partial charge on any atom is 0.315 e. The fraction of sp³-hybridized carbons (Fsp3) is 0.308. The molecule has 0 atom stereocenters.